The highest BCUT2D eigenvalue weighted by Gasteiger charge is 2.26. The molecule has 0 radical (unpaired) electrons. The first-order valence-electron chi connectivity index (χ1n) is 7.38. The molecule has 0 atom stereocenters. The van der Waals surface area contributed by atoms with Crippen LogP contribution in [-0.2, 0) is 4.74 Å². The molecule has 1 aromatic carbocycles. The number of amides is 1. The Labute approximate surface area is 150 Å². The summed E-state index contributed by atoms with van der Waals surface area (Å²) in [5.74, 6) is -0.0627. The van der Waals surface area contributed by atoms with Crippen molar-refractivity contribution in [3.8, 4) is 0 Å². The number of ether oxygens (including phenoxy) is 1. The second kappa shape index (κ2) is 9.33. The van der Waals surface area contributed by atoms with Crippen LogP contribution in [0.5, 0.6) is 0 Å². The van der Waals surface area contributed by atoms with Crippen LogP contribution in [-0.4, -0.2) is 49.2 Å². The zero-order chi connectivity index (χ0) is 15.5. The molecule has 0 spiro atoms. The topological polar surface area (TPSA) is 67.6 Å². The van der Waals surface area contributed by atoms with E-state index >= 15 is 0 Å². The van der Waals surface area contributed by atoms with E-state index in [4.69, 9.17) is 10.5 Å². The summed E-state index contributed by atoms with van der Waals surface area (Å²) in [6.45, 7) is 10.1. The van der Waals surface area contributed by atoms with Gasteiger partial charge in [0.05, 0.1) is 12.2 Å². The minimum absolute atomic E-state index is 0. The van der Waals surface area contributed by atoms with Gasteiger partial charge >= 0.3 is 0 Å². The summed E-state index contributed by atoms with van der Waals surface area (Å²) in [6.07, 6.45) is 0. The summed E-state index contributed by atoms with van der Waals surface area (Å²) < 4.78 is 5.68. The Bertz CT molecular complexity index is 524. The second-order valence-electron chi connectivity index (χ2n) is 6.21. The number of nitrogens with one attached hydrogen (secondary N) is 1. The number of hydrogen-bond acceptors (Lipinski definition) is 4. The van der Waals surface area contributed by atoms with Crippen molar-refractivity contribution in [1.82, 2.24) is 10.2 Å². The summed E-state index contributed by atoms with van der Waals surface area (Å²) >= 11 is 0. The van der Waals surface area contributed by atoms with Crippen molar-refractivity contribution in [2.45, 2.75) is 26.4 Å². The van der Waals surface area contributed by atoms with Gasteiger partial charge in [-0.25, -0.2) is 0 Å². The molecule has 3 N–H and O–H groups in total. The molecule has 0 unspecified atom stereocenters. The van der Waals surface area contributed by atoms with Crippen LogP contribution in [0.3, 0.4) is 0 Å². The molecule has 1 aromatic rings. The molecule has 0 aliphatic carbocycles. The van der Waals surface area contributed by atoms with Crippen LogP contribution in [0.15, 0.2) is 18.2 Å². The van der Waals surface area contributed by atoms with E-state index in [0.29, 0.717) is 17.8 Å². The zero-order valence-electron chi connectivity index (χ0n) is 13.9. The number of rotatable bonds is 4. The Kier molecular flexibility index (Phi) is 8.92. The van der Waals surface area contributed by atoms with Crippen molar-refractivity contribution >= 4 is 36.4 Å². The first-order chi connectivity index (χ1) is 9.87. The number of aryl methyl sites for hydroxylation is 1. The lowest BCUT2D eigenvalue weighted by atomic mass is 10.1. The first kappa shape index (κ1) is 22.0. The Morgan fingerprint density at radius 1 is 1.39 bits per heavy atom. The average molecular weight is 364 g/mol. The number of hydrogen-bond donors (Lipinski definition) is 2. The molecule has 1 fully saturated rings. The minimum atomic E-state index is -0.104. The summed E-state index contributed by atoms with van der Waals surface area (Å²) in [6, 6.07) is 5.40. The standard InChI is InChI=1S/C16H25N3O2.2ClH/c1-12-4-5-13(17)10-14(12)15(20)18-6-7-19-8-9-21-16(2,3)11-19;;/h4-5,10H,6-9,11,17H2,1-3H3,(H,18,20);2*1H. The van der Waals surface area contributed by atoms with Gasteiger partial charge in [0.2, 0.25) is 0 Å². The molecule has 1 amide bonds. The van der Waals surface area contributed by atoms with Crippen molar-refractivity contribution in [1.29, 1.82) is 0 Å². The second-order valence-corrected chi connectivity index (χ2v) is 6.21. The van der Waals surface area contributed by atoms with Gasteiger partial charge in [0, 0.05) is 37.4 Å². The molecule has 0 bridgehead atoms. The molecule has 1 aliphatic rings. The Morgan fingerprint density at radius 2 is 2.09 bits per heavy atom. The van der Waals surface area contributed by atoms with Gasteiger partial charge in [-0.3, -0.25) is 9.69 Å². The van der Waals surface area contributed by atoms with E-state index in [1.54, 1.807) is 6.07 Å². The molecule has 1 saturated heterocycles. The van der Waals surface area contributed by atoms with E-state index in [9.17, 15) is 4.79 Å². The molecule has 0 saturated carbocycles. The van der Waals surface area contributed by atoms with E-state index in [1.807, 2.05) is 19.1 Å². The van der Waals surface area contributed by atoms with E-state index in [2.05, 4.69) is 24.1 Å². The number of carbonyl (C=O) groups is 1. The molecule has 23 heavy (non-hydrogen) atoms. The monoisotopic (exact) mass is 363 g/mol. The number of nitrogens with zero attached hydrogens (tertiary/aromatic N) is 1. The van der Waals surface area contributed by atoms with E-state index in [-0.39, 0.29) is 36.3 Å². The number of carbonyl (C=O) groups excluding carboxylic acids is 1. The SMILES string of the molecule is Cc1ccc(N)cc1C(=O)NCCN1CCOC(C)(C)C1.Cl.Cl. The smallest absolute Gasteiger partial charge is 0.251 e. The molecule has 7 heteroatoms. The maximum atomic E-state index is 12.2. The molecular weight excluding hydrogens is 337 g/mol. The average Bonchev–Trinajstić information content (AvgIpc) is 2.40. The van der Waals surface area contributed by atoms with Crippen molar-refractivity contribution in [2.24, 2.45) is 0 Å². The van der Waals surface area contributed by atoms with Crippen LogP contribution in [0.4, 0.5) is 5.69 Å². The molecule has 5 nitrogen and oxygen atoms in total. The normalized spacial score (nSPS) is 16.8. The van der Waals surface area contributed by atoms with E-state index in [0.717, 1.165) is 31.8 Å². The van der Waals surface area contributed by atoms with E-state index in [1.165, 1.54) is 0 Å². The molecule has 2 rings (SSSR count). The van der Waals surface area contributed by atoms with Crippen molar-refractivity contribution in [2.75, 3.05) is 38.5 Å². The predicted octanol–water partition coefficient (Wildman–Crippen LogP) is 2.26. The van der Waals surface area contributed by atoms with Crippen LogP contribution in [0.1, 0.15) is 29.8 Å². The summed E-state index contributed by atoms with van der Waals surface area (Å²) in [5.41, 5.74) is 7.84. The third-order valence-electron chi connectivity index (χ3n) is 3.72. The third kappa shape index (κ3) is 6.55. The van der Waals surface area contributed by atoms with Gasteiger partial charge in [0.1, 0.15) is 0 Å². The number of nitrogens with two attached hydrogens (primary N) is 1. The molecule has 1 aliphatic heterocycles. The van der Waals surface area contributed by atoms with Gasteiger partial charge in [0.25, 0.3) is 5.91 Å². The van der Waals surface area contributed by atoms with Gasteiger partial charge in [-0.2, -0.15) is 0 Å². The van der Waals surface area contributed by atoms with Gasteiger partial charge in [-0.15, -0.1) is 24.8 Å². The van der Waals surface area contributed by atoms with Crippen molar-refractivity contribution in [3.05, 3.63) is 29.3 Å². The molecular formula is C16H27Cl2N3O2. The largest absolute Gasteiger partial charge is 0.399 e. The van der Waals surface area contributed by atoms with Gasteiger partial charge in [0.15, 0.2) is 0 Å². The highest BCUT2D eigenvalue weighted by atomic mass is 35.5. The van der Waals surface area contributed by atoms with Gasteiger partial charge in [-0.1, -0.05) is 6.07 Å². The summed E-state index contributed by atoms with van der Waals surface area (Å²) in [5, 5.41) is 2.96. The predicted molar refractivity (Wildman–Crippen MR) is 98.9 cm³/mol. The van der Waals surface area contributed by atoms with Crippen molar-refractivity contribution in [3.63, 3.8) is 0 Å². The van der Waals surface area contributed by atoms with Crippen LogP contribution in [0, 0.1) is 6.92 Å². The lowest BCUT2D eigenvalue weighted by molar-refractivity contribution is -0.0853. The van der Waals surface area contributed by atoms with Crippen LogP contribution in [0.25, 0.3) is 0 Å². The Hall–Kier alpha value is -1.01. The highest BCUT2D eigenvalue weighted by molar-refractivity contribution is 5.96. The first-order valence-corrected chi connectivity index (χ1v) is 7.38. The van der Waals surface area contributed by atoms with Gasteiger partial charge < -0.3 is 15.8 Å². The highest BCUT2D eigenvalue weighted by Crippen LogP contribution is 2.16. The maximum absolute atomic E-state index is 12.2. The van der Waals surface area contributed by atoms with Crippen LogP contribution < -0.4 is 11.1 Å². The van der Waals surface area contributed by atoms with Gasteiger partial charge in [-0.05, 0) is 38.5 Å². The fourth-order valence-corrected chi connectivity index (χ4v) is 2.61. The number of halogens is 2. The lowest BCUT2D eigenvalue weighted by Gasteiger charge is -2.38. The number of anilines is 1. The molecule has 0 aromatic heterocycles. The minimum Gasteiger partial charge on any atom is -0.399 e. The Balaban J connectivity index is 0.00000242. The molecule has 132 valence electrons. The van der Waals surface area contributed by atoms with E-state index < -0.39 is 0 Å². The molecule has 1 heterocycles. The lowest BCUT2D eigenvalue weighted by Crippen LogP contribution is -2.50. The summed E-state index contributed by atoms with van der Waals surface area (Å²) in [4.78, 5) is 14.5. The number of morpholine rings is 1. The fourth-order valence-electron chi connectivity index (χ4n) is 2.61. The number of benzene rings is 1. The quantitative estimate of drug-likeness (QED) is 0.805. The zero-order valence-corrected chi connectivity index (χ0v) is 15.6. The summed E-state index contributed by atoms with van der Waals surface area (Å²) in [7, 11) is 0. The fraction of sp³-hybridized carbons (Fsp3) is 0.562. The third-order valence-corrected chi connectivity index (χ3v) is 3.72. The maximum Gasteiger partial charge on any atom is 0.251 e. The van der Waals surface area contributed by atoms with Crippen LogP contribution >= 0.6 is 24.8 Å². The number of nitrogen functional groups attached to an aromatic ring is 1. The Morgan fingerprint density at radius 3 is 2.74 bits per heavy atom. The van der Waals surface area contributed by atoms with Crippen molar-refractivity contribution < 1.29 is 9.53 Å². The van der Waals surface area contributed by atoms with Crippen LogP contribution in [0.2, 0.25) is 0 Å².